The van der Waals surface area contributed by atoms with Gasteiger partial charge < -0.3 is 20.5 Å². The molecule has 162 valence electrons. The summed E-state index contributed by atoms with van der Waals surface area (Å²) in [5.74, 6) is 0.266. The van der Waals surface area contributed by atoms with Crippen LogP contribution in [0.3, 0.4) is 0 Å². The molecule has 9 heteroatoms. The molecule has 1 aromatic heterocycles. The number of nitrogens with zero attached hydrogens (tertiary/aromatic N) is 2. The summed E-state index contributed by atoms with van der Waals surface area (Å²) < 4.78 is 12.2. The van der Waals surface area contributed by atoms with Crippen LogP contribution in [0.2, 0.25) is 0 Å². The first kappa shape index (κ1) is 21.7. The van der Waals surface area contributed by atoms with E-state index in [0.29, 0.717) is 22.6 Å². The van der Waals surface area contributed by atoms with E-state index < -0.39 is 23.3 Å². The molecule has 0 saturated heterocycles. The molecule has 31 heavy (non-hydrogen) atoms. The lowest BCUT2D eigenvalue weighted by atomic mass is 9.98. The number of nitrogens with two attached hydrogens (primary N) is 1. The van der Waals surface area contributed by atoms with Crippen molar-refractivity contribution in [2.24, 2.45) is 14.1 Å². The Balaban J connectivity index is 2.16. The average molecular weight is 424 g/mol. The Kier molecular flexibility index (Phi) is 6.15. The van der Waals surface area contributed by atoms with Gasteiger partial charge >= 0.3 is 11.7 Å². The van der Waals surface area contributed by atoms with Crippen LogP contribution in [0.5, 0.6) is 5.75 Å². The van der Waals surface area contributed by atoms with E-state index in [9.17, 15) is 14.4 Å². The molecule has 0 unspecified atom stereocenters. The Morgan fingerprint density at radius 2 is 1.58 bits per heavy atom. The van der Waals surface area contributed by atoms with Crippen LogP contribution < -0.4 is 27.0 Å². The van der Waals surface area contributed by atoms with Gasteiger partial charge in [-0.2, -0.15) is 0 Å². The molecule has 3 aromatic rings. The summed E-state index contributed by atoms with van der Waals surface area (Å²) in [5, 5.41) is 3.30. The van der Waals surface area contributed by atoms with E-state index >= 15 is 0 Å². The van der Waals surface area contributed by atoms with Crippen LogP contribution in [0.1, 0.15) is 27.5 Å². The fourth-order valence-corrected chi connectivity index (χ4v) is 3.26. The first-order valence-corrected chi connectivity index (χ1v) is 9.42. The minimum atomic E-state index is -0.689. The van der Waals surface area contributed by atoms with Crippen LogP contribution in [0, 0.1) is 0 Å². The van der Waals surface area contributed by atoms with Crippen molar-refractivity contribution in [2.45, 2.75) is 6.04 Å². The second kappa shape index (κ2) is 8.78. The number of nitrogens with one attached hydrogen (secondary N) is 1. The van der Waals surface area contributed by atoms with Crippen molar-refractivity contribution < 1.29 is 14.3 Å². The van der Waals surface area contributed by atoms with E-state index in [1.54, 1.807) is 55.6 Å². The zero-order valence-corrected chi connectivity index (χ0v) is 17.7. The number of methoxy groups -OCH3 is 2. The lowest BCUT2D eigenvalue weighted by Gasteiger charge is -2.23. The van der Waals surface area contributed by atoms with Crippen LogP contribution in [0.4, 0.5) is 11.5 Å². The molecule has 0 amide bonds. The summed E-state index contributed by atoms with van der Waals surface area (Å²) in [6.45, 7) is 0. The van der Waals surface area contributed by atoms with Crippen molar-refractivity contribution in [1.82, 2.24) is 9.13 Å². The van der Waals surface area contributed by atoms with E-state index in [2.05, 4.69) is 5.32 Å². The molecular weight excluding hydrogens is 400 g/mol. The van der Waals surface area contributed by atoms with Gasteiger partial charge in [-0.3, -0.25) is 13.9 Å². The van der Waals surface area contributed by atoms with Gasteiger partial charge in [-0.15, -0.1) is 0 Å². The molecular formula is C22H24N4O5. The molecule has 1 heterocycles. The zero-order chi connectivity index (χ0) is 22.7. The number of nitrogen functional groups attached to an aromatic ring is 1. The third-order valence-electron chi connectivity index (χ3n) is 5.10. The van der Waals surface area contributed by atoms with Crippen molar-refractivity contribution in [3.8, 4) is 5.75 Å². The Morgan fingerprint density at radius 1 is 0.968 bits per heavy atom. The van der Waals surface area contributed by atoms with Gasteiger partial charge in [0.2, 0.25) is 0 Å². The topological polar surface area (TPSA) is 118 Å². The highest BCUT2D eigenvalue weighted by atomic mass is 16.5. The van der Waals surface area contributed by atoms with Crippen molar-refractivity contribution in [3.63, 3.8) is 0 Å². The van der Waals surface area contributed by atoms with Crippen molar-refractivity contribution >= 4 is 17.5 Å². The molecule has 2 aromatic carbocycles. The first-order valence-electron chi connectivity index (χ1n) is 9.42. The summed E-state index contributed by atoms with van der Waals surface area (Å²) in [6.07, 6.45) is 0. The maximum Gasteiger partial charge on any atom is 0.337 e. The molecule has 0 aliphatic heterocycles. The quantitative estimate of drug-likeness (QED) is 0.578. The molecule has 0 bridgehead atoms. The van der Waals surface area contributed by atoms with Gasteiger partial charge in [-0.1, -0.05) is 12.1 Å². The molecule has 0 spiro atoms. The number of hydrogen-bond donors (Lipinski definition) is 2. The number of hydrogen-bond acceptors (Lipinski definition) is 7. The lowest BCUT2D eigenvalue weighted by molar-refractivity contribution is 0.0600. The van der Waals surface area contributed by atoms with Crippen LogP contribution in [0.25, 0.3) is 0 Å². The number of carbonyl (C=O) groups is 1. The predicted octanol–water partition coefficient (Wildman–Crippen LogP) is 1.66. The van der Waals surface area contributed by atoms with Gasteiger partial charge in [0, 0.05) is 19.8 Å². The van der Waals surface area contributed by atoms with E-state index in [0.717, 1.165) is 4.57 Å². The third-order valence-corrected chi connectivity index (χ3v) is 5.10. The summed E-state index contributed by atoms with van der Waals surface area (Å²) in [7, 11) is 5.78. The highest BCUT2D eigenvalue weighted by Gasteiger charge is 2.24. The molecule has 0 fully saturated rings. The van der Waals surface area contributed by atoms with Gasteiger partial charge in [-0.05, 0) is 42.0 Å². The van der Waals surface area contributed by atoms with E-state index in [1.165, 1.54) is 25.8 Å². The molecule has 1 atom stereocenters. The largest absolute Gasteiger partial charge is 0.497 e. The molecule has 3 rings (SSSR count). The molecule has 0 aliphatic rings. The maximum absolute atomic E-state index is 13.0. The smallest absolute Gasteiger partial charge is 0.337 e. The molecule has 0 radical (unpaired) electrons. The van der Waals surface area contributed by atoms with Crippen LogP contribution in [-0.4, -0.2) is 29.3 Å². The molecule has 3 N–H and O–H groups in total. The maximum atomic E-state index is 13.0. The lowest BCUT2D eigenvalue weighted by Crippen LogP contribution is -2.42. The normalized spacial score (nSPS) is 11.6. The predicted molar refractivity (Wildman–Crippen MR) is 118 cm³/mol. The van der Waals surface area contributed by atoms with Crippen molar-refractivity contribution in [2.75, 3.05) is 25.3 Å². The van der Waals surface area contributed by atoms with Gasteiger partial charge in [0.1, 0.15) is 11.6 Å². The fourth-order valence-electron chi connectivity index (χ4n) is 3.26. The second-order valence-corrected chi connectivity index (χ2v) is 6.92. The number of aromatic nitrogens is 2. The van der Waals surface area contributed by atoms with Crippen molar-refractivity contribution in [3.05, 3.63) is 86.1 Å². The number of ether oxygens (including phenoxy) is 2. The Morgan fingerprint density at radius 3 is 2.13 bits per heavy atom. The van der Waals surface area contributed by atoms with E-state index in [-0.39, 0.29) is 11.4 Å². The fraction of sp³-hybridized carbons (Fsp3) is 0.227. The first-order chi connectivity index (χ1) is 14.8. The number of anilines is 2. The second-order valence-electron chi connectivity index (χ2n) is 6.92. The minimum Gasteiger partial charge on any atom is -0.497 e. The van der Waals surface area contributed by atoms with Crippen molar-refractivity contribution in [1.29, 1.82) is 0 Å². The number of benzene rings is 2. The summed E-state index contributed by atoms with van der Waals surface area (Å²) in [6, 6.07) is 13.1. The minimum absolute atomic E-state index is 0.0520. The Hall–Kier alpha value is -4.01. The monoisotopic (exact) mass is 424 g/mol. The Labute approximate surface area is 178 Å². The van der Waals surface area contributed by atoms with Crippen LogP contribution in [0.15, 0.2) is 58.1 Å². The molecule has 0 aliphatic carbocycles. The summed E-state index contributed by atoms with van der Waals surface area (Å²) >= 11 is 0. The highest BCUT2D eigenvalue weighted by molar-refractivity contribution is 5.89. The Bertz CT molecular complexity index is 1210. The third kappa shape index (κ3) is 4.16. The zero-order valence-electron chi connectivity index (χ0n) is 17.7. The van der Waals surface area contributed by atoms with Gasteiger partial charge in [0.15, 0.2) is 0 Å². The number of rotatable bonds is 6. The number of carbonyl (C=O) groups excluding carboxylic acids is 1. The summed E-state index contributed by atoms with van der Waals surface area (Å²) in [5.41, 5.74) is 7.14. The average Bonchev–Trinajstić information content (AvgIpc) is 2.81. The summed E-state index contributed by atoms with van der Waals surface area (Å²) in [4.78, 5) is 37.1. The van der Waals surface area contributed by atoms with E-state index in [1.807, 2.05) is 0 Å². The van der Waals surface area contributed by atoms with Gasteiger partial charge in [0.25, 0.3) is 5.56 Å². The van der Waals surface area contributed by atoms with Gasteiger partial charge in [-0.25, -0.2) is 9.59 Å². The SMILES string of the molecule is COC(=O)c1ccc([C@@H](Nc2ccc(OC)cc2)c2c(N)n(C)c(=O)n(C)c2=O)cc1. The van der Waals surface area contributed by atoms with E-state index in [4.69, 9.17) is 15.2 Å². The highest BCUT2D eigenvalue weighted by Crippen LogP contribution is 2.29. The standard InChI is InChI=1S/C22H24N4O5/c1-25-19(23)17(20(27)26(2)22(25)29)18(24-15-9-11-16(30-3)12-10-15)13-5-7-14(8-6-13)21(28)31-4/h5-12,18,24H,23H2,1-4H3/t18-/m1/s1. The number of esters is 1. The van der Waals surface area contributed by atoms with Gasteiger partial charge in [0.05, 0.1) is 31.4 Å². The molecule has 9 nitrogen and oxygen atoms in total. The van der Waals surface area contributed by atoms with Crippen LogP contribution in [-0.2, 0) is 18.8 Å². The molecule has 0 saturated carbocycles. The van der Waals surface area contributed by atoms with Crippen LogP contribution >= 0.6 is 0 Å².